The second-order valence-corrected chi connectivity index (χ2v) is 7.68. The molecule has 1 atom stereocenters. The molecule has 4 rings (SSSR count). The highest BCUT2D eigenvalue weighted by Gasteiger charge is 2.57. The summed E-state index contributed by atoms with van der Waals surface area (Å²) in [7, 11) is 4.78. The SMILES string of the molecule is COc1ccc(OC)c(N2C(=O)NC(=O)[C@@]3(Cc4cc(C)ccc4N(C)C3)C2=O)c1. The van der Waals surface area contributed by atoms with Gasteiger partial charge in [-0.3, -0.25) is 14.9 Å². The van der Waals surface area contributed by atoms with E-state index in [2.05, 4.69) is 5.32 Å². The fraction of sp³-hybridized carbons (Fsp3) is 0.318. The molecule has 156 valence electrons. The number of nitrogens with one attached hydrogen (secondary N) is 1. The van der Waals surface area contributed by atoms with Crippen molar-refractivity contribution in [2.24, 2.45) is 5.41 Å². The number of fused-ring (bicyclic) bond motifs is 1. The lowest BCUT2D eigenvalue weighted by molar-refractivity contribution is -0.142. The van der Waals surface area contributed by atoms with Crippen molar-refractivity contribution < 1.29 is 23.9 Å². The van der Waals surface area contributed by atoms with Gasteiger partial charge < -0.3 is 14.4 Å². The minimum atomic E-state index is -1.43. The number of urea groups is 1. The minimum absolute atomic E-state index is 0.157. The maximum atomic E-state index is 13.8. The first kappa shape index (κ1) is 19.8. The molecule has 1 fully saturated rings. The Morgan fingerprint density at radius 1 is 1.00 bits per heavy atom. The summed E-state index contributed by atoms with van der Waals surface area (Å²) in [5, 5.41) is 2.38. The number of anilines is 2. The fourth-order valence-electron chi connectivity index (χ4n) is 4.26. The van der Waals surface area contributed by atoms with Crippen LogP contribution in [0.25, 0.3) is 0 Å². The molecule has 0 aliphatic carbocycles. The molecule has 2 aromatic rings. The van der Waals surface area contributed by atoms with Crippen LogP contribution in [0.2, 0.25) is 0 Å². The van der Waals surface area contributed by atoms with E-state index in [1.54, 1.807) is 18.2 Å². The number of amides is 4. The lowest BCUT2D eigenvalue weighted by atomic mass is 9.74. The second kappa shape index (κ2) is 7.05. The number of imide groups is 2. The molecule has 2 aliphatic heterocycles. The fourth-order valence-corrected chi connectivity index (χ4v) is 4.26. The quantitative estimate of drug-likeness (QED) is 0.783. The normalized spacial score (nSPS) is 20.9. The third-order valence-electron chi connectivity index (χ3n) is 5.74. The van der Waals surface area contributed by atoms with Gasteiger partial charge in [0.25, 0.3) is 5.91 Å². The van der Waals surface area contributed by atoms with Gasteiger partial charge in [0.05, 0.1) is 19.9 Å². The summed E-state index contributed by atoms with van der Waals surface area (Å²) in [6.07, 6.45) is 0.203. The monoisotopic (exact) mass is 409 g/mol. The van der Waals surface area contributed by atoms with Crippen LogP contribution in [-0.2, 0) is 16.0 Å². The summed E-state index contributed by atoms with van der Waals surface area (Å²) >= 11 is 0. The molecule has 1 spiro atoms. The summed E-state index contributed by atoms with van der Waals surface area (Å²) in [5.74, 6) is -0.389. The van der Waals surface area contributed by atoms with Crippen molar-refractivity contribution in [3.63, 3.8) is 0 Å². The van der Waals surface area contributed by atoms with Gasteiger partial charge in [-0.25, -0.2) is 9.69 Å². The third kappa shape index (κ3) is 2.87. The molecule has 0 bridgehead atoms. The predicted molar refractivity (Wildman–Crippen MR) is 111 cm³/mol. The van der Waals surface area contributed by atoms with E-state index in [-0.39, 0.29) is 18.7 Å². The van der Waals surface area contributed by atoms with Gasteiger partial charge in [-0.05, 0) is 37.1 Å². The number of methoxy groups -OCH3 is 2. The van der Waals surface area contributed by atoms with E-state index in [1.807, 2.05) is 37.1 Å². The summed E-state index contributed by atoms with van der Waals surface area (Å²) in [6, 6.07) is 9.97. The molecule has 4 amide bonds. The van der Waals surface area contributed by atoms with E-state index in [9.17, 15) is 14.4 Å². The molecular formula is C22H23N3O5. The molecule has 0 unspecified atom stereocenters. The maximum absolute atomic E-state index is 13.8. The molecule has 8 heteroatoms. The Bertz CT molecular complexity index is 1070. The molecule has 0 saturated carbocycles. The topological polar surface area (TPSA) is 88.2 Å². The van der Waals surface area contributed by atoms with Gasteiger partial charge in [0.2, 0.25) is 5.91 Å². The Kier molecular flexibility index (Phi) is 4.64. The Morgan fingerprint density at radius 2 is 1.77 bits per heavy atom. The summed E-state index contributed by atoms with van der Waals surface area (Å²) in [5.41, 5.74) is 1.68. The number of benzene rings is 2. The van der Waals surface area contributed by atoms with Crippen LogP contribution < -0.4 is 24.6 Å². The molecule has 30 heavy (non-hydrogen) atoms. The van der Waals surface area contributed by atoms with Crippen LogP contribution in [0.15, 0.2) is 36.4 Å². The predicted octanol–water partition coefficient (Wildman–Crippen LogP) is 2.27. The number of hydrogen-bond donors (Lipinski definition) is 1. The van der Waals surface area contributed by atoms with Crippen LogP contribution in [0.5, 0.6) is 11.5 Å². The average molecular weight is 409 g/mol. The lowest BCUT2D eigenvalue weighted by Gasteiger charge is -2.45. The van der Waals surface area contributed by atoms with Crippen molar-refractivity contribution in [2.75, 3.05) is 37.6 Å². The summed E-state index contributed by atoms with van der Waals surface area (Å²) in [4.78, 5) is 42.4. The minimum Gasteiger partial charge on any atom is -0.497 e. The molecule has 2 heterocycles. The highest BCUT2D eigenvalue weighted by Crippen LogP contribution is 2.42. The largest absolute Gasteiger partial charge is 0.497 e. The van der Waals surface area contributed by atoms with Gasteiger partial charge >= 0.3 is 6.03 Å². The molecule has 2 aromatic carbocycles. The van der Waals surface area contributed by atoms with Crippen molar-refractivity contribution in [3.8, 4) is 11.5 Å². The first-order valence-corrected chi connectivity index (χ1v) is 9.53. The third-order valence-corrected chi connectivity index (χ3v) is 5.74. The number of carbonyl (C=O) groups is 3. The number of carbonyl (C=O) groups excluding carboxylic acids is 3. The average Bonchev–Trinajstić information content (AvgIpc) is 2.72. The van der Waals surface area contributed by atoms with Crippen molar-refractivity contribution in [1.29, 1.82) is 0 Å². The Balaban J connectivity index is 1.83. The van der Waals surface area contributed by atoms with Gasteiger partial charge in [-0.2, -0.15) is 0 Å². The van der Waals surface area contributed by atoms with Crippen molar-refractivity contribution >= 4 is 29.2 Å². The van der Waals surface area contributed by atoms with E-state index >= 15 is 0 Å². The van der Waals surface area contributed by atoms with E-state index in [0.717, 1.165) is 21.7 Å². The summed E-state index contributed by atoms with van der Waals surface area (Å²) < 4.78 is 10.6. The van der Waals surface area contributed by atoms with E-state index in [4.69, 9.17) is 9.47 Å². The molecule has 2 aliphatic rings. The molecule has 1 N–H and O–H groups in total. The Hall–Kier alpha value is -3.55. The van der Waals surface area contributed by atoms with Crippen LogP contribution in [0, 0.1) is 12.3 Å². The van der Waals surface area contributed by atoms with Crippen molar-refractivity contribution in [2.45, 2.75) is 13.3 Å². The lowest BCUT2D eigenvalue weighted by Crippen LogP contribution is -2.68. The zero-order valence-electron chi connectivity index (χ0n) is 17.3. The van der Waals surface area contributed by atoms with Gasteiger partial charge in [0, 0.05) is 25.3 Å². The van der Waals surface area contributed by atoms with Gasteiger partial charge in [0.15, 0.2) is 5.41 Å². The summed E-state index contributed by atoms with van der Waals surface area (Å²) in [6.45, 7) is 2.12. The second-order valence-electron chi connectivity index (χ2n) is 7.68. The van der Waals surface area contributed by atoms with Crippen molar-refractivity contribution in [1.82, 2.24) is 5.32 Å². The van der Waals surface area contributed by atoms with E-state index in [1.165, 1.54) is 14.2 Å². The van der Waals surface area contributed by atoms with Gasteiger partial charge in [-0.15, -0.1) is 0 Å². The smallest absolute Gasteiger partial charge is 0.335 e. The van der Waals surface area contributed by atoms with Gasteiger partial charge in [-0.1, -0.05) is 17.7 Å². The molecule has 0 aromatic heterocycles. The number of nitrogens with zero attached hydrogens (tertiary/aromatic N) is 2. The number of ether oxygens (including phenoxy) is 2. The zero-order chi connectivity index (χ0) is 21.6. The molecular weight excluding hydrogens is 386 g/mol. The standard InChI is InChI=1S/C22H23N3O5/c1-13-5-7-16-14(9-13)11-22(12-24(16)2)19(26)23-21(28)25(20(22)27)17-10-15(29-3)6-8-18(17)30-4/h5-10H,11-12H2,1-4H3,(H,23,26,28)/t22-/m0/s1. The van der Waals surface area contributed by atoms with Crippen LogP contribution in [0.3, 0.4) is 0 Å². The van der Waals surface area contributed by atoms with Crippen molar-refractivity contribution in [3.05, 3.63) is 47.5 Å². The number of barbiturate groups is 1. The number of hydrogen-bond acceptors (Lipinski definition) is 6. The first-order valence-electron chi connectivity index (χ1n) is 9.53. The van der Waals surface area contributed by atoms with Crippen LogP contribution >= 0.6 is 0 Å². The van der Waals surface area contributed by atoms with Gasteiger partial charge in [0.1, 0.15) is 11.5 Å². The van der Waals surface area contributed by atoms with E-state index in [0.29, 0.717) is 11.5 Å². The number of aryl methyl sites for hydroxylation is 1. The first-order chi connectivity index (χ1) is 14.3. The van der Waals surface area contributed by atoms with Crippen LogP contribution in [0.4, 0.5) is 16.2 Å². The van der Waals surface area contributed by atoms with E-state index < -0.39 is 23.3 Å². The highest BCUT2D eigenvalue weighted by atomic mass is 16.5. The number of rotatable bonds is 3. The molecule has 1 saturated heterocycles. The zero-order valence-corrected chi connectivity index (χ0v) is 17.3. The van der Waals surface area contributed by atoms with Crippen LogP contribution in [0.1, 0.15) is 11.1 Å². The van der Waals surface area contributed by atoms with Crippen LogP contribution in [-0.4, -0.2) is 45.7 Å². The molecule has 0 radical (unpaired) electrons. The Morgan fingerprint density at radius 3 is 2.47 bits per heavy atom. The highest BCUT2D eigenvalue weighted by molar-refractivity contribution is 6.30. The Labute approximate surface area is 174 Å². The molecule has 8 nitrogen and oxygen atoms in total. The maximum Gasteiger partial charge on any atom is 0.335 e.